The molecule has 0 amide bonds. The SMILES string of the molecule is COc1c(C)cc(C(N)c2ccc(C)cc2Br)cc1C. The van der Waals surface area contributed by atoms with Crippen LogP contribution in [0.15, 0.2) is 34.8 Å². The summed E-state index contributed by atoms with van der Waals surface area (Å²) in [5.41, 5.74) is 12.1. The van der Waals surface area contributed by atoms with Crippen LogP contribution in [-0.4, -0.2) is 7.11 Å². The lowest BCUT2D eigenvalue weighted by molar-refractivity contribution is 0.408. The Balaban J connectivity index is 2.45. The minimum atomic E-state index is -0.145. The molecule has 106 valence electrons. The zero-order valence-electron chi connectivity index (χ0n) is 12.3. The highest BCUT2D eigenvalue weighted by Gasteiger charge is 2.15. The van der Waals surface area contributed by atoms with Crippen molar-refractivity contribution in [2.24, 2.45) is 5.73 Å². The Kier molecular flexibility index (Phi) is 4.51. The van der Waals surface area contributed by atoms with Gasteiger partial charge < -0.3 is 10.5 Å². The number of ether oxygens (including phenoxy) is 1. The standard InChI is InChI=1S/C17H20BrNO/c1-10-5-6-14(15(18)7-10)16(19)13-8-11(2)17(20-4)12(3)9-13/h5-9,16H,19H2,1-4H3. The predicted molar refractivity (Wildman–Crippen MR) is 87.4 cm³/mol. The Bertz CT molecular complexity index is 614. The van der Waals surface area contributed by atoms with E-state index in [0.29, 0.717) is 0 Å². The summed E-state index contributed by atoms with van der Waals surface area (Å²) < 4.78 is 6.46. The van der Waals surface area contributed by atoms with Crippen molar-refractivity contribution >= 4 is 15.9 Å². The molecule has 0 aliphatic rings. The van der Waals surface area contributed by atoms with E-state index in [2.05, 4.69) is 53.2 Å². The number of rotatable bonds is 3. The maximum Gasteiger partial charge on any atom is 0.124 e. The Morgan fingerprint density at radius 3 is 2.15 bits per heavy atom. The van der Waals surface area contributed by atoms with Crippen LogP contribution in [0, 0.1) is 20.8 Å². The van der Waals surface area contributed by atoms with Crippen LogP contribution in [0.3, 0.4) is 0 Å². The monoisotopic (exact) mass is 333 g/mol. The van der Waals surface area contributed by atoms with E-state index in [4.69, 9.17) is 10.5 Å². The number of hydrogen-bond donors (Lipinski definition) is 1. The van der Waals surface area contributed by atoms with E-state index in [1.165, 1.54) is 5.56 Å². The molecule has 2 rings (SSSR count). The topological polar surface area (TPSA) is 35.2 Å². The molecule has 0 spiro atoms. The molecule has 2 N–H and O–H groups in total. The molecule has 0 aromatic heterocycles. The van der Waals surface area contributed by atoms with Crippen LogP contribution in [0.1, 0.15) is 33.9 Å². The van der Waals surface area contributed by atoms with Gasteiger partial charge in [0.05, 0.1) is 13.2 Å². The molecule has 2 aromatic carbocycles. The van der Waals surface area contributed by atoms with E-state index in [0.717, 1.165) is 32.5 Å². The van der Waals surface area contributed by atoms with Gasteiger partial charge in [0.2, 0.25) is 0 Å². The van der Waals surface area contributed by atoms with Gasteiger partial charge in [0.1, 0.15) is 5.75 Å². The van der Waals surface area contributed by atoms with Crippen molar-refractivity contribution in [1.82, 2.24) is 0 Å². The van der Waals surface area contributed by atoms with Crippen LogP contribution in [0.5, 0.6) is 5.75 Å². The third kappa shape index (κ3) is 2.89. The second-order valence-corrected chi connectivity index (χ2v) is 6.04. The van der Waals surface area contributed by atoms with E-state index < -0.39 is 0 Å². The van der Waals surface area contributed by atoms with E-state index in [-0.39, 0.29) is 6.04 Å². The summed E-state index contributed by atoms with van der Waals surface area (Å²) >= 11 is 3.61. The van der Waals surface area contributed by atoms with Gasteiger partial charge in [-0.3, -0.25) is 0 Å². The third-order valence-corrected chi connectivity index (χ3v) is 4.22. The Morgan fingerprint density at radius 1 is 1.05 bits per heavy atom. The molecule has 0 fully saturated rings. The summed E-state index contributed by atoms with van der Waals surface area (Å²) in [6, 6.07) is 10.3. The van der Waals surface area contributed by atoms with Crippen LogP contribution in [0.4, 0.5) is 0 Å². The van der Waals surface area contributed by atoms with Crippen molar-refractivity contribution in [2.45, 2.75) is 26.8 Å². The normalized spacial score (nSPS) is 12.3. The van der Waals surface area contributed by atoms with Crippen LogP contribution in [0.2, 0.25) is 0 Å². The molecule has 0 saturated carbocycles. The Morgan fingerprint density at radius 2 is 1.65 bits per heavy atom. The molecule has 0 aliphatic carbocycles. The van der Waals surface area contributed by atoms with Gasteiger partial charge in [0.25, 0.3) is 0 Å². The number of nitrogens with two attached hydrogens (primary N) is 1. The number of halogens is 1. The minimum Gasteiger partial charge on any atom is -0.496 e. The number of methoxy groups -OCH3 is 1. The summed E-state index contributed by atoms with van der Waals surface area (Å²) in [6.45, 7) is 6.17. The highest BCUT2D eigenvalue weighted by Crippen LogP contribution is 2.32. The highest BCUT2D eigenvalue weighted by atomic mass is 79.9. The maximum absolute atomic E-state index is 6.43. The van der Waals surface area contributed by atoms with E-state index >= 15 is 0 Å². The summed E-state index contributed by atoms with van der Waals surface area (Å²) in [5, 5.41) is 0. The van der Waals surface area contributed by atoms with Crippen LogP contribution in [-0.2, 0) is 0 Å². The Labute approximate surface area is 129 Å². The van der Waals surface area contributed by atoms with Gasteiger partial charge in [-0.25, -0.2) is 0 Å². The number of hydrogen-bond acceptors (Lipinski definition) is 2. The van der Waals surface area contributed by atoms with Crippen molar-refractivity contribution in [2.75, 3.05) is 7.11 Å². The fraction of sp³-hybridized carbons (Fsp3) is 0.294. The molecule has 20 heavy (non-hydrogen) atoms. The van der Waals surface area contributed by atoms with Crippen molar-refractivity contribution in [3.05, 3.63) is 62.6 Å². The van der Waals surface area contributed by atoms with Gasteiger partial charge in [-0.05, 0) is 54.7 Å². The zero-order valence-corrected chi connectivity index (χ0v) is 13.9. The van der Waals surface area contributed by atoms with Crippen molar-refractivity contribution < 1.29 is 4.74 Å². The summed E-state index contributed by atoms with van der Waals surface area (Å²) in [7, 11) is 1.70. The van der Waals surface area contributed by atoms with Gasteiger partial charge in [0, 0.05) is 4.47 Å². The lowest BCUT2D eigenvalue weighted by Gasteiger charge is -2.18. The second-order valence-electron chi connectivity index (χ2n) is 5.19. The number of aryl methyl sites for hydroxylation is 3. The summed E-state index contributed by atoms with van der Waals surface area (Å²) in [4.78, 5) is 0. The predicted octanol–water partition coefficient (Wildman–Crippen LogP) is 4.43. The third-order valence-electron chi connectivity index (χ3n) is 3.54. The fourth-order valence-corrected chi connectivity index (χ4v) is 3.29. The van der Waals surface area contributed by atoms with Gasteiger partial charge in [-0.15, -0.1) is 0 Å². The second kappa shape index (κ2) is 5.98. The number of benzene rings is 2. The van der Waals surface area contributed by atoms with E-state index in [1.807, 2.05) is 13.8 Å². The smallest absolute Gasteiger partial charge is 0.124 e. The lowest BCUT2D eigenvalue weighted by atomic mass is 9.95. The van der Waals surface area contributed by atoms with Crippen LogP contribution < -0.4 is 10.5 Å². The molecule has 1 atom stereocenters. The van der Waals surface area contributed by atoms with Gasteiger partial charge in [0.15, 0.2) is 0 Å². The quantitative estimate of drug-likeness (QED) is 0.901. The first-order chi connectivity index (χ1) is 9.43. The average Bonchev–Trinajstić information content (AvgIpc) is 2.37. The lowest BCUT2D eigenvalue weighted by Crippen LogP contribution is -2.13. The average molecular weight is 334 g/mol. The van der Waals surface area contributed by atoms with Crippen molar-refractivity contribution in [3.63, 3.8) is 0 Å². The van der Waals surface area contributed by atoms with Crippen LogP contribution >= 0.6 is 15.9 Å². The molecule has 0 radical (unpaired) electrons. The van der Waals surface area contributed by atoms with Crippen LogP contribution in [0.25, 0.3) is 0 Å². The molecule has 0 aliphatic heterocycles. The molecule has 2 nitrogen and oxygen atoms in total. The maximum atomic E-state index is 6.43. The summed E-state index contributed by atoms with van der Waals surface area (Å²) in [6.07, 6.45) is 0. The molecule has 0 bridgehead atoms. The van der Waals surface area contributed by atoms with E-state index in [1.54, 1.807) is 7.11 Å². The fourth-order valence-electron chi connectivity index (χ4n) is 2.55. The minimum absolute atomic E-state index is 0.145. The van der Waals surface area contributed by atoms with Gasteiger partial charge in [-0.1, -0.05) is 40.2 Å². The molecule has 3 heteroatoms. The first-order valence-corrected chi connectivity index (χ1v) is 7.40. The van der Waals surface area contributed by atoms with Gasteiger partial charge >= 0.3 is 0 Å². The molecule has 2 aromatic rings. The van der Waals surface area contributed by atoms with Crippen molar-refractivity contribution in [3.8, 4) is 5.75 Å². The first kappa shape index (κ1) is 15.1. The Hall–Kier alpha value is -1.32. The molecule has 0 heterocycles. The van der Waals surface area contributed by atoms with E-state index in [9.17, 15) is 0 Å². The van der Waals surface area contributed by atoms with Gasteiger partial charge in [-0.2, -0.15) is 0 Å². The molecular weight excluding hydrogens is 314 g/mol. The largest absolute Gasteiger partial charge is 0.496 e. The van der Waals surface area contributed by atoms with Crippen molar-refractivity contribution in [1.29, 1.82) is 0 Å². The summed E-state index contributed by atoms with van der Waals surface area (Å²) in [5.74, 6) is 0.934. The molecular formula is C17H20BrNO. The highest BCUT2D eigenvalue weighted by molar-refractivity contribution is 9.10. The first-order valence-electron chi connectivity index (χ1n) is 6.60. The molecule has 0 saturated heterocycles. The zero-order chi connectivity index (χ0) is 14.9. The molecule has 1 unspecified atom stereocenters.